The molecule has 0 bridgehead atoms. The first-order valence-corrected chi connectivity index (χ1v) is 49.8. The molecule has 0 amide bonds. The minimum absolute atomic E-state index is 1.30. The van der Waals surface area contributed by atoms with Crippen molar-refractivity contribution in [3.63, 3.8) is 0 Å². The van der Waals surface area contributed by atoms with Gasteiger partial charge in [-0.25, -0.2) is 0 Å². The monoisotopic (exact) mass is 1430 g/mol. The molecule has 0 radical (unpaired) electrons. The minimum Gasteiger partial charge on any atom is -0.199 e. The van der Waals surface area contributed by atoms with Gasteiger partial charge in [0.15, 0.2) is 11.4 Å². The van der Waals surface area contributed by atoms with Crippen LogP contribution in [0.1, 0.15) is 609 Å². The molecule has 0 N–H and O–H groups in total. The number of rotatable bonds is 90. The molecule has 0 aliphatic rings. The maximum atomic E-state index is 3.21. The van der Waals surface area contributed by atoms with Crippen molar-refractivity contribution in [3.05, 3.63) is 28.1 Å². The summed E-state index contributed by atoms with van der Waals surface area (Å²) in [4.78, 5) is 0. The molecule has 1 aromatic rings. The van der Waals surface area contributed by atoms with E-state index in [4.69, 9.17) is 0 Å². The van der Waals surface area contributed by atoms with E-state index in [1.165, 1.54) is 578 Å². The van der Waals surface area contributed by atoms with Crippen molar-refractivity contribution in [1.82, 2.24) is 0 Å². The Morgan fingerprint density at radius 1 is 0.118 bits per heavy atom. The highest BCUT2D eigenvalue weighted by molar-refractivity contribution is 5.39. The third-order valence-electron chi connectivity index (χ3n) is 24.7. The van der Waals surface area contributed by atoms with Gasteiger partial charge in [0, 0.05) is 30.4 Å². The van der Waals surface area contributed by atoms with E-state index in [1.54, 1.807) is 0 Å². The Bertz CT molecular complexity index is 1370. The fourth-order valence-corrected chi connectivity index (χ4v) is 17.7. The molecular weight excluding hydrogens is 1230 g/mol. The molecule has 0 atom stereocenters. The van der Waals surface area contributed by atoms with Crippen LogP contribution in [0.15, 0.2) is 0 Å². The second-order valence-electron chi connectivity index (χ2n) is 34.8. The largest absolute Gasteiger partial charge is 0.199 e. The van der Waals surface area contributed by atoms with Crippen LogP contribution in [-0.2, 0) is 38.6 Å². The van der Waals surface area contributed by atoms with Crippen molar-refractivity contribution >= 4 is 0 Å². The summed E-state index contributed by atoms with van der Waals surface area (Å²) in [5.74, 6) is 0. The summed E-state index contributed by atoms with van der Waals surface area (Å²) in [7, 11) is 0. The molecule has 1 aromatic heterocycles. The van der Waals surface area contributed by atoms with Gasteiger partial charge >= 0.3 is 0 Å². The number of aromatic nitrogens is 1. The molecule has 0 saturated heterocycles. The fraction of sp³-hybridized carbons (Fsp3) is 0.950. The quantitative estimate of drug-likeness (QED) is 0.0452. The van der Waals surface area contributed by atoms with Gasteiger partial charge in [0.25, 0.3) is 0 Å². The Balaban J connectivity index is 3.70. The van der Waals surface area contributed by atoms with Crippen molar-refractivity contribution in [2.45, 2.75) is 620 Å². The van der Waals surface area contributed by atoms with Crippen molar-refractivity contribution in [1.29, 1.82) is 0 Å². The maximum absolute atomic E-state index is 3.21. The number of pyridine rings is 1. The normalized spacial score (nSPS) is 11.8. The van der Waals surface area contributed by atoms with Gasteiger partial charge in [-0.1, -0.05) is 536 Å². The number of nitrogens with zero attached hydrogens (tertiary/aromatic N) is 1. The first-order valence-electron chi connectivity index (χ1n) is 49.8. The summed E-state index contributed by atoms with van der Waals surface area (Å²) >= 11 is 0. The van der Waals surface area contributed by atoms with E-state index in [0.717, 1.165) is 0 Å². The highest BCUT2D eigenvalue weighted by Gasteiger charge is 2.29. The van der Waals surface area contributed by atoms with Crippen LogP contribution in [0.4, 0.5) is 0 Å². The molecule has 0 spiro atoms. The van der Waals surface area contributed by atoms with E-state index in [9.17, 15) is 0 Å². The highest BCUT2D eigenvalue weighted by atomic mass is 15.0. The SMILES string of the molecule is CCCCCCCCCCCCCCCCc1c(CCCCCCCCCCCCCCCC)c(CCCCCCCCCCCCCCCC)[n+](CCCCCCCCCCCCCCCC)c(CCCCCCCCCCCCCCCC)c1CCCCCCCCCCCCCCCC. The van der Waals surface area contributed by atoms with E-state index in [1.807, 2.05) is 28.1 Å². The Morgan fingerprint density at radius 3 is 0.392 bits per heavy atom. The van der Waals surface area contributed by atoms with E-state index in [0.29, 0.717) is 0 Å². The Kier molecular flexibility index (Phi) is 83.4. The van der Waals surface area contributed by atoms with Crippen LogP contribution in [0.3, 0.4) is 0 Å². The lowest BCUT2D eigenvalue weighted by Gasteiger charge is -2.23. The van der Waals surface area contributed by atoms with Crippen LogP contribution in [0.25, 0.3) is 0 Å². The zero-order chi connectivity index (χ0) is 73.1. The average molecular weight is 1430 g/mol. The molecule has 1 rings (SSSR count). The molecule has 606 valence electrons. The van der Waals surface area contributed by atoms with Crippen LogP contribution in [-0.4, -0.2) is 0 Å². The lowest BCUT2D eigenvalue weighted by molar-refractivity contribution is -0.712. The predicted molar refractivity (Wildman–Crippen MR) is 467 cm³/mol. The topological polar surface area (TPSA) is 3.88 Å². The lowest BCUT2D eigenvalue weighted by atomic mass is 9.85. The first kappa shape index (κ1) is 99.2. The molecule has 1 heteroatoms. The zero-order valence-corrected chi connectivity index (χ0v) is 72.6. The third-order valence-corrected chi connectivity index (χ3v) is 24.7. The van der Waals surface area contributed by atoms with Crippen molar-refractivity contribution < 1.29 is 4.57 Å². The summed E-state index contributed by atoms with van der Waals surface area (Å²) in [6.07, 6.45) is 129. The van der Waals surface area contributed by atoms with E-state index < -0.39 is 0 Å². The second-order valence-corrected chi connectivity index (χ2v) is 34.8. The second kappa shape index (κ2) is 85.8. The molecule has 0 aromatic carbocycles. The molecule has 0 unspecified atom stereocenters. The highest BCUT2D eigenvalue weighted by Crippen LogP contribution is 2.31. The van der Waals surface area contributed by atoms with E-state index >= 15 is 0 Å². The number of hydrogen-bond donors (Lipinski definition) is 0. The summed E-state index contributed by atoms with van der Waals surface area (Å²) in [5, 5.41) is 0. The summed E-state index contributed by atoms with van der Waals surface area (Å²) in [6.45, 7) is 15.4. The maximum Gasteiger partial charge on any atom is 0.185 e. The Morgan fingerprint density at radius 2 is 0.235 bits per heavy atom. The van der Waals surface area contributed by atoms with Gasteiger partial charge in [-0.3, -0.25) is 0 Å². The lowest BCUT2D eigenvalue weighted by Crippen LogP contribution is -2.46. The van der Waals surface area contributed by atoms with Gasteiger partial charge in [0.05, 0.1) is 0 Å². The summed E-state index contributed by atoms with van der Waals surface area (Å²) < 4.78 is 3.21. The van der Waals surface area contributed by atoms with E-state index in [2.05, 4.69) is 46.1 Å². The van der Waals surface area contributed by atoms with Gasteiger partial charge < -0.3 is 0 Å². The predicted octanol–water partition coefficient (Wildman–Crippen LogP) is 36.6. The molecule has 102 heavy (non-hydrogen) atoms. The van der Waals surface area contributed by atoms with Gasteiger partial charge in [0.2, 0.25) is 0 Å². The Hall–Kier alpha value is -0.850. The molecule has 1 nitrogen and oxygen atoms in total. The Labute approximate surface area is 648 Å². The van der Waals surface area contributed by atoms with Gasteiger partial charge in [0.1, 0.15) is 6.54 Å². The van der Waals surface area contributed by atoms with Crippen LogP contribution in [0.2, 0.25) is 0 Å². The van der Waals surface area contributed by atoms with Gasteiger partial charge in [-0.15, -0.1) is 0 Å². The molecule has 1 heterocycles. The smallest absolute Gasteiger partial charge is 0.185 e. The van der Waals surface area contributed by atoms with Gasteiger partial charge in [-0.2, -0.15) is 4.57 Å². The average Bonchev–Trinajstić information content (AvgIpc) is 0.770. The van der Waals surface area contributed by atoms with Crippen molar-refractivity contribution in [2.75, 3.05) is 0 Å². The van der Waals surface area contributed by atoms with Crippen LogP contribution in [0, 0.1) is 0 Å². The molecule has 0 aliphatic heterocycles. The molecule has 0 aliphatic carbocycles. The summed E-state index contributed by atoms with van der Waals surface area (Å²) in [5.41, 5.74) is 9.62. The summed E-state index contributed by atoms with van der Waals surface area (Å²) in [6, 6.07) is 0. The van der Waals surface area contributed by atoms with Crippen molar-refractivity contribution in [3.8, 4) is 0 Å². The number of hydrogen-bond acceptors (Lipinski definition) is 0. The molecule has 0 fully saturated rings. The van der Waals surface area contributed by atoms with Crippen LogP contribution in [0.5, 0.6) is 0 Å². The van der Waals surface area contributed by atoms with Crippen molar-refractivity contribution in [2.24, 2.45) is 0 Å². The fourth-order valence-electron chi connectivity index (χ4n) is 17.7. The zero-order valence-electron chi connectivity index (χ0n) is 72.6. The van der Waals surface area contributed by atoms with Crippen LogP contribution >= 0.6 is 0 Å². The standard InChI is InChI=1S/C101H198N/c1-7-13-19-25-31-37-43-49-55-61-67-73-79-85-91-97-98(92-86-80-74-68-62-56-50-44-38-32-26-20-14-8-2)100(94-88-82-76-70-64-58-52-46-40-34-28-22-16-10-4)102(96-90-84-78-72-66-60-54-48-42-36-30-24-18-12-6)101(95-89-83-77-71-65-59-53-47-41-35-29-23-17-11-5)99(97)93-87-81-75-69-63-57-51-45-39-33-27-21-15-9-3/h7-96H2,1-6H3/q+1. The van der Waals surface area contributed by atoms with Crippen LogP contribution < -0.4 is 4.57 Å². The third kappa shape index (κ3) is 67.3. The molecule has 0 saturated carbocycles. The molecular formula is C101H198N+. The minimum atomic E-state index is 1.30. The number of unbranched alkanes of at least 4 members (excludes halogenated alkanes) is 78. The van der Waals surface area contributed by atoms with E-state index in [-0.39, 0.29) is 0 Å². The van der Waals surface area contributed by atoms with Gasteiger partial charge in [-0.05, 0) is 63.4 Å². The first-order chi connectivity index (χ1) is 50.7.